The van der Waals surface area contributed by atoms with Crippen molar-refractivity contribution in [2.45, 2.75) is 6.54 Å². The summed E-state index contributed by atoms with van der Waals surface area (Å²) in [7, 11) is 0. The van der Waals surface area contributed by atoms with Crippen LogP contribution in [-0.2, 0) is 6.54 Å². The molecule has 3 rings (SSSR count). The molecule has 0 saturated carbocycles. The molecule has 1 aromatic heterocycles. The average molecular weight is 377 g/mol. The average Bonchev–Trinajstić information content (AvgIpc) is 3.08. The van der Waals surface area contributed by atoms with E-state index in [9.17, 15) is 19.3 Å². The van der Waals surface area contributed by atoms with E-state index in [1.54, 1.807) is 0 Å². The fourth-order valence-electron chi connectivity index (χ4n) is 2.20. The van der Waals surface area contributed by atoms with Crippen LogP contribution in [-0.4, -0.2) is 31.0 Å². The summed E-state index contributed by atoms with van der Waals surface area (Å²) < 4.78 is 14.3. The molecule has 26 heavy (non-hydrogen) atoms. The highest BCUT2D eigenvalue weighted by Gasteiger charge is 2.21. The molecule has 1 heterocycles. The second kappa shape index (κ2) is 7.23. The minimum absolute atomic E-state index is 0.104. The van der Waals surface area contributed by atoms with E-state index in [1.807, 2.05) is 0 Å². The second-order valence-electron chi connectivity index (χ2n) is 5.08. The van der Waals surface area contributed by atoms with E-state index < -0.39 is 16.6 Å². The van der Waals surface area contributed by atoms with Crippen molar-refractivity contribution in [3.63, 3.8) is 0 Å². The Balaban J connectivity index is 1.80. The summed E-state index contributed by atoms with van der Waals surface area (Å²) in [5, 5.41) is 24.8. The minimum atomic E-state index is -0.701. The van der Waals surface area contributed by atoms with Crippen LogP contribution in [0.15, 0.2) is 42.5 Å². The quantitative estimate of drug-likeness (QED) is 0.539. The van der Waals surface area contributed by atoms with Crippen molar-refractivity contribution in [1.29, 1.82) is 0 Å². The van der Waals surface area contributed by atoms with Gasteiger partial charge < -0.3 is 5.32 Å². The van der Waals surface area contributed by atoms with Gasteiger partial charge in [-0.05, 0) is 46.8 Å². The lowest BCUT2D eigenvalue weighted by molar-refractivity contribution is -0.385. The van der Waals surface area contributed by atoms with E-state index >= 15 is 0 Å². The van der Waals surface area contributed by atoms with Crippen molar-refractivity contribution in [3.05, 3.63) is 74.8 Å². The van der Waals surface area contributed by atoms with Gasteiger partial charge in [-0.25, -0.2) is 4.39 Å². The molecule has 0 fully saturated rings. The summed E-state index contributed by atoms with van der Waals surface area (Å²) in [6, 6.07) is 9.12. The van der Waals surface area contributed by atoms with Gasteiger partial charge >= 0.3 is 0 Å². The molecule has 0 aliphatic rings. The van der Waals surface area contributed by atoms with Crippen molar-refractivity contribution in [2.75, 3.05) is 0 Å². The third kappa shape index (κ3) is 3.64. The van der Waals surface area contributed by atoms with Gasteiger partial charge in [-0.2, -0.15) is 4.68 Å². The van der Waals surface area contributed by atoms with E-state index in [-0.39, 0.29) is 28.6 Å². The molecule has 0 saturated heterocycles. The van der Waals surface area contributed by atoms with Gasteiger partial charge in [-0.1, -0.05) is 11.6 Å². The molecule has 2 aromatic carbocycles. The van der Waals surface area contributed by atoms with Gasteiger partial charge in [0.2, 0.25) is 0 Å². The maximum absolute atomic E-state index is 13.0. The lowest BCUT2D eigenvalue weighted by Crippen LogP contribution is -2.25. The number of hydrogen-bond donors (Lipinski definition) is 1. The molecule has 132 valence electrons. The lowest BCUT2D eigenvalue weighted by atomic mass is 10.1. The van der Waals surface area contributed by atoms with Gasteiger partial charge in [-0.15, -0.1) is 5.10 Å². The number of tetrazole rings is 1. The zero-order valence-electron chi connectivity index (χ0n) is 13.0. The van der Waals surface area contributed by atoms with Gasteiger partial charge in [-0.3, -0.25) is 14.9 Å². The Morgan fingerprint density at radius 3 is 2.69 bits per heavy atom. The van der Waals surface area contributed by atoms with Gasteiger partial charge in [0.05, 0.1) is 17.2 Å². The van der Waals surface area contributed by atoms with Crippen molar-refractivity contribution in [1.82, 2.24) is 25.5 Å². The van der Waals surface area contributed by atoms with Crippen molar-refractivity contribution in [2.24, 2.45) is 0 Å². The van der Waals surface area contributed by atoms with E-state index in [1.165, 1.54) is 41.1 Å². The SMILES string of the molecule is O=C(NCc1nnnn1-c1ccc(F)cc1)c1cc(Cl)ccc1[N+](=O)[O-]. The maximum Gasteiger partial charge on any atom is 0.282 e. The first kappa shape index (κ1) is 17.4. The normalized spacial score (nSPS) is 10.5. The Labute approximate surface area is 150 Å². The van der Waals surface area contributed by atoms with Crippen molar-refractivity contribution < 1.29 is 14.1 Å². The minimum Gasteiger partial charge on any atom is -0.344 e. The summed E-state index contributed by atoms with van der Waals surface area (Å²) in [5.74, 6) is -0.854. The van der Waals surface area contributed by atoms with Crippen LogP contribution >= 0.6 is 11.6 Å². The number of aromatic nitrogens is 4. The molecule has 0 atom stereocenters. The van der Waals surface area contributed by atoms with Crippen LogP contribution in [0.3, 0.4) is 0 Å². The van der Waals surface area contributed by atoms with Gasteiger partial charge in [0.1, 0.15) is 11.4 Å². The summed E-state index contributed by atoms with van der Waals surface area (Å²) in [5.41, 5.74) is -0.0530. The third-order valence-electron chi connectivity index (χ3n) is 3.41. The lowest BCUT2D eigenvalue weighted by Gasteiger charge is -2.07. The van der Waals surface area contributed by atoms with Crippen LogP contribution in [0, 0.1) is 15.9 Å². The van der Waals surface area contributed by atoms with Crippen LogP contribution in [0.1, 0.15) is 16.2 Å². The number of hydrogen-bond acceptors (Lipinski definition) is 6. The molecule has 0 bridgehead atoms. The number of halogens is 2. The number of carbonyl (C=O) groups is 1. The first-order valence-corrected chi connectivity index (χ1v) is 7.59. The van der Waals surface area contributed by atoms with E-state index in [4.69, 9.17) is 11.6 Å². The molecule has 1 amide bonds. The number of nitro benzene ring substituents is 1. The Bertz CT molecular complexity index is 976. The second-order valence-corrected chi connectivity index (χ2v) is 5.52. The fraction of sp³-hybridized carbons (Fsp3) is 0.0667. The molecular formula is C15H10ClFN6O3. The van der Waals surface area contributed by atoms with Crippen LogP contribution in [0.25, 0.3) is 5.69 Å². The van der Waals surface area contributed by atoms with Gasteiger partial charge in [0.15, 0.2) is 5.82 Å². The molecule has 1 N–H and O–H groups in total. The van der Waals surface area contributed by atoms with Crippen molar-refractivity contribution in [3.8, 4) is 5.69 Å². The third-order valence-corrected chi connectivity index (χ3v) is 3.65. The summed E-state index contributed by atoms with van der Waals surface area (Å²) in [4.78, 5) is 22.7. The Hall–Kier alpha value is -3.40. The zero-order chi connectivity index (χ0) is 18.7. The molecule has 9 nitrogen and oxygen atoms in total. The molecule has 0 aliphatic carbocycles. The van der Waals surface area contributed by atoms with Crippen LogP contribution in [0.4, 0.5) is 10.1 Å². The Morgan fingerprint density at radius 1 is 1.27 bits per heavy atom. The highest BCUT2D eigenvalue weighted by Crippen LogP contribution is 2.22. The predicted octanol–water partition coefficient (Wildman–Crippen LogP) is 2.29. The predicted molar refractivity (Wildman–Crippen MR) is 88.4 cm³/mol. The van der Waals surface area contributed by atoms with Crippen LogP contribution in [0.2, 0.25) is 5.02 Å². The fourth-order valence-corrected chi connectivity index (χ4v) is 2.37. The van der Waals surface area contributed by atoms with Crippen LogP contribution < -0.4 is 5.32 Å². The molecule has 0 aliphatic heterocycles. The molecule has 11 heteroatoms. The first-order chi connectivity index (χ1) is 12.5. The van der Waals surface area contributed by atoms with Crippen molar-refractivity contribution >= 4 is 23.2 Å². The van der Waals surface area contributed by atoms with E-state index in [0.717, 1.165) is 6.07 Å². The monoisotopic (exact) mass is 376 g/mol. The number of benzene rings is 2. The molecule has 3 aromatic rings. The largest absolute Gasteiger partial charge is 0.344 e. The zero-order valence-corrected chi connectivity index (χ0v) is 13.7. The molecule has 0 unspecified atom stereocenters. The first-order valence-electron chi connectivity index (χ1n) is 7.21. The topological polar surface area (TPSA) is 116 Å². The number of carbonyl (C=O) groups excluding carboxylic acids is 1. The smallest absolute Gasteiger partial charge is 0.282 e. The number of nitro groups is 1. The highest BCUT2D eigenvalue weighted by atomic mass is 35.5. The summed E-state index contributed by atoms with van der Waals surface area (Å²) in [6.45, 7) is -0.104. The van der Waals surface area contributed by atoms with Gasteiger partial charge in [0.25, 0.3) is 11.6 Å². The highest BCUT2D eigenvalue weighted by molar-refractivity contribution is 6.31. The summed E-state index contributed by atoms with van der Waals surface area (Å²) in [6.07, 6.45) is 0. The Morgan fingerprint density at radius 2 is 2.00 bits per heavy atom. The maximum atomic E-state index is 13.0. The summed E-state index contributed by atoms with van der Waals surface area (Å²) >= 11 is 5.81. The molecular weight excluding hydrogens is 367 g/mol. The van der Waals surface area contributed by atoms with Gasteiger partial charge in [0, 0.05) is 11.1 Å². The molecule has 0 radical (unpaired) electrons. The standard InChI is InChI=1S/C15H10ClFN6O3/c16-9-1-6-13(23(25)26)12(7-9)15(24)18-8-14-19-20-21-22(14)11-4-2-10(17)3-5-11/h1-7H,8H2,(H,18,24). The number of nitrogens with zero attached hydrogens (tertiary/aromatic N) is 5. The Kier molecular flexibility index (Phi) is 4.85. The van der Waals surface area contributed by atoms with E-state index in [0.29, 0.717) is 5.69 Å². The number of nitrogens with one attached hydrogen (secondary N) is 1. The van der Waals surface area contributed by atoms with Crippen LogP contribution in [0.5, 0.6) is 0 Å². The number of amides is 1. The number of rotatable bonds is 5. The van der Waals surface area contributed by atoms with E-state index in [2.05, 4.69) is 20.8 Å². The molecule has 0 spiro atoms.